The van der Waals surface area contributed by atoms with Gasteiger partial charge in [0.2, 0.25) is 0 Å². The maximum Gasteiger partial charge on any atom is 1.00 e. The van der Waals surface area contributed by atoms with E-state index in [1.807, 2.05) is 143 Å². The smallest absolute Gasteiger partial charge is 0.542 e. The average Bonchev–Trinajstić information content (AvgIpc) is 1.55. The van der Waals surface area contributed by atoms with E-state index < -0.39 is 0 Å². The summed E-state index contributed by atoms with van der Waals surface area (Å²) >= 11 is 8.77. The second kappa shape index (κ2) is 62.1. The zero-order valence-electron chi connectivity index (χ0n) is 73.4. The number of pyridine rings is 1. The third kappa shape index (κ3) is 42.5. The van der Waals surface area contributed by atoms with Gasteiger partial charge in [-0.2, -0.15) is 5.10 Å². The van der Waals surface area contributed by atoms with Crippen LogP contribution in [0, 0.1) is 62.6 Å². The molecule has 7 aromatic carbocycles. The van der Waals surface area contributed by atoms with Crippen molar-refractivity contribution in [2.24, 2.45) is 36.6 Å². The minimum absolute atomic E-state index is 0. The van der Waals surface area contributed by atoms with Gasteiger partial charge in [0.05, 0.1) is 32.9 Å². The third-order valence-corrected chi connectivity index (χ3v) is 24.7. The second-order valence-electron chi connectivity index (χ2n) is 30.6. The van der Waals surface area contributed by atoms with Crippen LogP contribution in [0.1, 0.15) is 109 Å². The van der Waals surface area contributed by atoms with Gasteiger partial charge in [-0.05, 0) is 224 Å². The summed E-state index contributed by atoms with van der Waals surface area (Å²) in [7, 11) is 9.99. The number of likely N-dealkylation sites (tertiary alicyclic amines) is 1. The molecule has 15 rings (SSSR count). The van der Waals surface area contributed by atoms with Crippen molar-refractivity contribution in [2.45, 2.75) is 171 Å². The molecule has 6 aliphatic rings. The van der Waals surface area contributed by atoms with Gasteiger partial charge in [-0.1, -0.05) is 160 Å². The van der Waals surface area contributed by atoms with Crippen molar-refractivity contribution in [2.75, 3.05) is 61.0 Å². The molecular formula is C93H115Cs5N6O11S5. The molecule has 0 amide bonds. The molecule has 8 heterocycles. The number of hydrogen-bond acceptors (Lipinski definition) is 20. The third-order valence-electron chi connectivity index (χ3n) is 19.3. The quantitative estimate of drug-likeness (QED) is 0.0477. The maximum atomic E-state index is 11.6. The Labute approximate surface area is 1030 Å². The molecule has 6 aliphatic heterocycles. The van der Waals surface area contributed by atoms with Gasteiger partial charge < -0.3 is 61.7 Å². The zero-order chi connectivity index (χ0) is 80.7. The molecule has 0 saturated carbocycles. The van der Waals surface area contributed by atoms with Gasteiger partial charge in [0.25, 0.3) is 5.56 Å². The molecule has 120 heavy (non-hydrogen) atoms. The van der Waals surface area contributed by atoms with E-state index in [4.69, 9.17) is 47.4 Å². The Kier molecular flexibility index (Phi) is 58.0. The summed E-state index contributed by atoms with van der Waals surface area (Å²) in [4.78, 5) is 24.3. The fourth-order valence-corrected chi connectivity index (χ4v) is 18.7. The molecule has 6 saturated heterocycles. The van der Waals surface area contributed by atoms with Crippen LogP contribution in [0.5, 0.6) is 28.7 Å². The summed E-state index contributed by atoms with van der Waals surface area (Å²) in [6.45, 7) is 30.0. The summed E-state index contributed by atoms with van der Waals surface area (Å²) in [5.74, 6) is 7.14. The maximum absolute atomic E-state index is 11.6. The summed E-state index contributed by atoms with van der Waals surface area (Å²) in [5, 5.41) is 4.24. The molecular weight excluding hydrogens is 2200 g/mol. The Morgan fingerprint density at radius 3 is 1.10 bits per heavy atom. The summed E-state index contributed by atoms with van der Waals surface area (Å²) in [6.07, 6.45) is 13.4. The molecule has 2 aromatic heterocycles. The van der Waals surface area contributed by atoms with Crippen molar-refractivity contribution < 1.29 is 392 Å². The van der Waals surface area contributed by atoms with Crippen molar-refractivity contribution in [1.82, 2.24) is 29.0 Å². The van der Waals surface area contributed by atoms with E-state index in [2.05, 4.69) is 172 Å². The predicted octanol–water partition coefficient (Wildman–Crippen LogP) is 6.12. The van der Waals surface area contributed by atoms with E-state index in [1.165, 1.54) is 50.1 Å². The van der Waals surface area contributed by atoms with Gasteiger partial charge in [-0.15, -0.1) is 29.6 Å². The first-order valence-corrected chi connectivity index (χ1v) is 44.5. The predicted molar refractivity (Wildman–Crippen MR) is 468 cm³/mol. The molecule has 27 heteroatoms. The van der Waals surface area contributed by atoms with Crippen molar-refractivity contribution >= 4 is 58.8 Å². The van der Waals surface area contributed by atoms with Crippen molar-refractivity contribution in [3.63, 3.8) is 0 Å². The largest absolute Gasteiger partial charge is 1.00 e. The van der Waals surface area contributed by atoms with E-state index in [9.17, 15) is 4.79 Å². The van der Waals surface area contributed by atoms with Gasteiger partial charge in [-0.3, -0.25) is 9.69 Å². The fraction of sp³-hybridized carbons (Fsp3) is 0.409. The second-order valence-corrected chi connectivity index (χ2v) is 36.8. The molecule has 0 aliphatic carbocycles. The number of rotatable bonds is 30. The first-order valence-electron chi connectivity index (χ1n) is 40.1. The standard InChI is InChI=1S/C21H21N2O2S.C21H26NO2S.C18H20NO3S.C18H26NO2S.C15H22NO2S.5Cs/c1-16-12-21(25-14-16)26-20-5-2-4-19(13-20)24-15-17-6-8-18(9-7-17)23-11-3-10-22-23;1-16-11-21(24-14-16)25-20-6-4-5-19(12-20)23-15-18-9-7-17(8-10-18)13-22(2)3;1-13-8-18(22-11-13)23-16-5-3-4-15(10-16)21-12-14-6-7-19(2)17(20)9-14;1-14-11-18(21-13-14)22-17-7-3-6-16(12-17)20-10-9-19-8-4-5-15(19)2;1-12-9-15(18-11-12)19-14-6-4-5-13(10-14)17-8-7-16(2)3;;;;;/h2-11,13-14,16,21H,12,15H2,1H3;4-10,12,14,16,21H,11,13,15H2,1-3H3;3-7,9-11,13,18H,8,12H2,1-2H3;3,6-7,12-15,18H,4-5,8-11H2,1-2H3;4-6,10-12,15H,7-9H2,1-3H3;;;;;/q5*-1;5*+1/t2*16-,21?;13-,18?;14-,15?,18?;12-,15?;;;;;/m11111...../s1. The number of likely N-dealkylation sites (N-methyl/N-ethyl adjacent to an activating group) is 1. The molecule has 6 fully saturated rings. The van der Waals surface area contributed by atoms with Crippen molar-refractivity contribution in [3.8, 4) is 34.4 Å². The number of thioether (sulfide) groups is 5. The molecule has 618 valence electrons. The summed E-state index contributed by atoms with van der Waals surface area (Å²) in [5.41, 5.74) is 6.59. The molecule has 9 aromatic rings. The van der Waals surface area contributed by atoms with Crippen LogP contribution < -0.4 is 374 Å². The minimum Gasteiger partial charge on any atom is -0.542 e. The van der Waals surface area contributed by atoms with E-state index in [1.54, 1.807) is 88.9 Å². The van der Waals surface area contributed by atoms with Crippen LogP contribution >= 0.6 is 58.8 Å². The van der Waals surface area contributed by atoms with Crippen LogP contribution in [-0.4, -0.2) is 123 Å². The molecule has 17 nitrogen and oxygen atoms in total. The zero-order valence-corrected chi connectivity index (χ0v) is 109. The Balaban J connectivity index is 0.000000231. The molecule has 0 bridgehead atoms. The first kappa shape index (κ1) is 112. The number of nitrogens with zero attached hydrogens (tertiary/aromatic N) is 6. The number of benzene rings is 7. The van der Waals surface area contributed by atoms with Crippen LogP contribution in [0.15, 0.2) is 236 Å². The number of ether oxygens (including phenoxy) is 10. The Bertz CT molecular complexity index is 4400. The molecule has 0 spiro atoms. The monoisotopic (exact) mass is 2320 g/mol. The topological polar surface area (TPSA) is 142 Å². The average molecular weight is 2320 g/mol. The van der Waals surface area contributed by atoms with Crippen LogP contribution in [0.4, 0.5) is 0 Å². The number of aromatic nitrogens is 3. The number of aryl methyl sites for hydroxylation is 1. The van der Waals surface area contributed by atoms with E-state index in [-0.39, 0.29) is 377 Å². The van der Waals surface area contributed by atoms with Gasteiger partial charge >= 0.3 is 344 Å². The number of hydrogen-bond donors (Lipinski definition) is 0. The molecule has 0 radical (unpaired) electrons. The van der Waals surface area contributed by atoms with Crippen molar-refractivity contribution in [1.29, 1.82) is 0 Å². The molecule has 6 unspecified atom stereocenters. The normalized spacial score (nSPS) is 21.4. The first-order chi connectivity index (χ1) is 55.8. The van der Waals surface area contributed by atoms with Crippen LogP contribution in [0.2, 0.25) is 0 Å². The van der Waals surface area contributed by atoms with E-state index in [0.717, 1.165) is 109 Å². The fourth-order valence-electron chi connectivity index (χ4n) is 12.9. The Morgan fingerprint density at radius 2 is 0.775 bits per heavy atom. The minimum atomic E-state index is -0.0286. The summed E-state index contributed by atoms with van der Waals surface area (Å²) in [6, 6.07) is 64.0. The molecule has 11 atom stereocenters. The SMILES string of the molecule is CC1CCCN1CCOc1cccc(SC2C[C@@H](C)[CH-]O2)c1.C[C@H]1[CH-]OC(Sc2cccc(OCCN(C)C)c2)C1.C[C@H]1[CH-]OC(Sc2cccc(OCc3ccc(-n4cccn4)cc3)c2)C1.C[C@H]1[CH-]OC(Sc2cccc(OCc3ccc(CN(C)C)cc3)c2)C1.C[C@H]1[CH-]OC(Sc2cccc(OCc3ccn(C)c(=O)c3)c2)C1.[Cs+].[Cs+].[Cs+].[Cs+].[Cs+]. The van der Waals surface area contributed by atoms with Gasteiger partial charge in [0, 0.05) is 81.9 Å². The van der Waals surface area contributed by atoms with Crippen LogP contribution in [0.3, 0.4) is 0 Å². The van der Waals surface area contributed by atoms with E-state index in [0.29, 0.717) is 62.1 Å². The van der Waals surface area contributed by atoms with Gasteiger partial charge in [-0.25, -0.2) is 37.7 Å². The Hall–Kier alpha value is 3.39. The van der Waals surface area contributed by atoms with Crippen LogP contribution in [0.25, 0.3) is 5.69 Å². The summed E-state index contributed by atoms with van der Waals surface area (Å²) < 4.78 is 61.0. The van der Waals surface area contributed by atoms with Gasteiger partial charge in [0.1, 0.15) is 61.8 Å². The van der Waals surface area contributed by atoms with Gasteiger partial charge in [0.15, 0.2) is 0 Å². The molecule has 0 N–H and O–H groups in total. The van der Waals surface area contributed by atoms with E-state index >= 15 is 0 Å². The van der Waals surface area contributed by atoms with Crippen molar-refractivity contribution in [3.05, 3.63) is 272 Å². The van der Waals surface area contributed by atoms with Crippen LogP contribution in [-0.2, 0) is 57.1 Å². The Morgan fingerprint density at radius 1 is 0.417 bits per heavy atom.